The van der Waals surface area contributed by atoms with E-state index in [1.807, 2.05) is 0 Å². The highest BCUT2D eigenvalue weighted by Gasteiger charge is 2.09. The number of carboxylic acid groups (broad SMARTS) is 1. The minimum absolute atomic E-state index is 0.00828. The third kappa shape index (κ3) is 3.62. The molecule has 0 fully saturated rings. The van der Waals surface area contributed by atoms with Crippen molar-refractivity contribution in [2.24, 2.45) is 0 Å². The SMILES string of the molecule is O=C(O)c1cc(NCc2cc(F)cc(Cl)c2)ccc1Cl. The zero-order valence-electron chi connectivity index (χ0n) is 10.2. The van der Waals surface area contributed by atoms with Crippen LogP contribution in [0.4, 0.5) is 10.1 Å². The minimum atomic E-state index is -1.10. The maximum absolute atomic E-state index is 13.2. The average molecular weight is 314 g/mol. The molecule has 104 valence electrons. The molecule has 2 rings (SSSR count). The molecule has 2 aromatic rings. The lowest BCUT2D eigenvalue weighted by atomic mass is 10.2. The Morgan fingerprint density at radius 1 is 1.20 bits per heavy atom. The summed E-state index contributed by atoms with van der Waals surface area (Å²) in [5, 5.41) is 12.4. The van der Waals surface area contributed by atoms with E-state index in [2.05, 4.69) is 5.32 Å². The lowest BCUT2D eigenvalue weighted by Crippen LogP contribution is -2.03. The van der Waals surface area contributed by atoms with Gasteiger partial charge in [0, 0.05) is 17.3 Å². The Labute approximate surface area is 124 Å². The summed E-state index contributed by atoms with van der Waals surface area (Å²) in [5.74, 6) is -1.52. The van der Waals surface area contributed by atoms with E-state index in [9.17, 15) is 9.18 Å². The lowest BCUT2D eigenvalue weighted by molar-refractivity contribution is 0.0697. The first-order valence-corrected chi connectivity index (χ1v) is 6.43. The number of rotatable bonds is 4. The van der Waals surface area contributed by atoms with Crippen LogP contribution in [0.5, 0.6) is 0 Å². The molecule has 20 heavy (non-hydrogen) atoms. The van der Waals surface area contributed by atoms with Crippen molar-refractivity contribution in [3.8, 4) is 0 Å². The summed E-state index contributed by atoms with van der Waals surface area (Å²) in [6.07, 6.45) is 0. The van der Waals surface area contributed by atoms with E-state index < -0.39 is 11.8 Å². The van der Waals surface area contributed by atoms with Crippen LogP contribution < -0.4 is 5.32 Å². The minimum Gasteiger partial charge on any atom is -0.478 e. The van der Waals surface area contributed by atoms with Gasteiger partial charge in [-0.15, -0.1) is 0 Å². The standard InChI is InChI=1S/C14H10Cl2FNO2/c15-9-3-8(4-10(17)5-9)7-18-11-1-2-13(16)12(6-11)14(19)20/h1-6,18H,7H2,(H,19,20). The molecule has 6 heteroatoms. The van der Waals surface area contributed by atoms with E-state index in [1.54, 1.807) is 12.1 Å². The fourth-order valence-corrected chi connectivity index (χ4v) is 2.16. The van der Waals surface area contributed by atoms with Gasteiger partial charge < -0.3 is 10.4 Å². The van der Waals surface area contributed by atoms with Crippen molar-refractivity contribution < 1.29 is 14.3 Å². The van der Waals surface area contributed by atoms with Gasteiger partial charge in [0.05, 0.1) is 10.6 Å². The van der Waals surface area contributed by atoms with Crippen LogP contribution in [0.25, 0.3) is 0 Å². The predicted octanol–water partition coefficient (Wildman–Crippen LogP) is 4.44. The number of hydrogen-bond donors (Lipinski definition) is 2. The second-order valence-electron chi connectivity index (χ2n) is 4.13. The summed E-state index contributed by atoms with van der Waals surface area (Å²) in [6, 6.07) is 8.77. The molecule has 0 atom stereocenters. The van der Waals surface area contributed by atoms with Gasteiger partial charge in [0.15, 0.2) is 0 Å². The second-order valence-corrected chi connectivity index (χ2v) is 4.97. The van der Waals surface area contributed by atoms with E-state index in [-0.39, 0.29) is 10.6 Å². The van der Waals surface area contributed by atoms with Crippen molar-refractivity contribution in [3.63, 3.8) is 0 Å². The maximum atomic E-state index is 13.2. The third-order valence-corrected chi connectivity index (χ3v) is 3.16. The van der Waals surface area contributed by atoms with Crippen molar-refractivity contribution in [1.82, 2.24) is 0 Å². The molecule has 0 radical (unpaired) electrons. The Morgan fingerprint density at radius 2 is 1.95 bits per heavy atom. The molecule has 0 bridgehead atoms. The topological polar surface area (TPSA) is 49.3 Å². The molecule has 3 nitrogen and oxygen atoms in total. The van der Waals surface area contributed by atoms with Crippen LogP contribution in [0.1, 0.15) is 15.9 Å². The van der Waals surface area contributed by atoms with Crippen molar-refractivity contribution in [2.75, 3.05) is 5.32 Å². The Hall–Kier alpha value is -1.78. The molecule has 0 aliphatic rings. The first-order chi connectivity index (χ1) is 9.45. The lowest BCUT2D eigenvalue weighted by Gasteiger charge is -2.09. The van der Waals surface area contributed by atoms with Gasteiger partial charge in [0.25, 0.3) is 0 Å². The zero-order chi connectivity index (χ0) is 14.7. The second kappa shape index (κ2) is 6.11. The van der Waals surface area contributed by atoms with Crippen molar-refractivity contribution in [1.29, 1.82) is 0 Å². The highest BCUT2D eigenvalue weighted by molar-refractivity contribution is 6.33. The van der Waals surface area contributed by atoms with Crippen LogP contribution in [0.15, 0.2) is 36.4 Å². The quantitative estimate of drug-likeness (QED) is 0.877. The predicted molar refractivity (Wildman–Crippen MR) is 77.1 cm³/mol. The maximum Gasteiger partial charge on any atom is 0.337 e. The fraction of sp³-hybridized carbons (Fsp3) is 0.0714. The Morgan fingerprint density at radius 3 is 2.60 bits per heavy atom. The molecule has 0 unspecified atom stereocenters. The molecule has 0 aromatic heterocycles. The van der Waals surface area contributed by atoms with Crippen LogP contribution >= 0.6 is 23.2 Å². The zero-order valence-corrected chi connectivity index (χ0v) is 11.7. The molecule has 0 spiro atoms. The summed E-state index contributed by atoms with van der Waals surface area (Å²) in [7, 11) is 0. The van der Waals surface area contributed by atoms with Crippen LogP contribution in [0.3, 0.4) is 0 Å². The van der Waals surface area contributed by atoms with Gasteiger partial charge in [-0.05, 0) is 42.0 Å². The van der Waals surface area contributed by atoms with E-state index in [0.29, 0.717) is 22.8 Å². The van der Waals surface area contributed by atoms with E-state index in [0.717, 1.165) is 0 Å². The molecule has 0 amide bonds. The Bertz CT molecular complexity index is 641. The van der Waals surface area contributed by atoms with Crippen LogP contribution in [-0.2, 0) is 6.54 Å². The number of aromatic carboxylic acids is 1. The summed E-state index contributed by atoms with van der Waals surface area (Å²) < 4.78 is 13.2. The normalized spacial score (nSPS) is 10.3. The van der Waals surface area contributed by atoms with E-state index in [1.165, 1.54) is 24.3 Å². The monoisotopic (exact) mass is 313 g/mol. The third-order valence-electron chi connectivity index (χ3n) is 2.62. The number of hydrogen-bond acceptors (Lipinski definition) is 2. The molecule has 0 aliphatic carbocycles. The molecule has 0 heterocycles. The average Bonchev–Trinajstić information content (AvgIpc) is 2.36. The first kappa shape index (κ1) is 14.6. The Kier molecular flexibility index (Phi) is 4.47. The number of carboxylic acids is 1. The van der Waals surface area contributed by atoms with Crippen molar-refractivity contribution in [2.45, 2.75) is 6.54 Å². The fourth-order valence-electron chi connectivity index (χ4n) is 1.72. The summed E-state index contributed by atoms with van der Waals surface area (Å²) in [4.78, 5) is 11.0. The van der Waals surface area contributed by atoms with Crippen LogP contribution in [0, 0.1) is 5.82 Å². The number of nitrogens with one attached hydrogen (secondary N) is 1. The van der Waals surface area contributed by atoms with Crippen LogP contribution in [-0.4, -0.2) is 11.1 Å². The highest BCUT2D eigenvalue weighted by Crippen LogP contribution is 2.21. The Balaban J connectivity index is 2.14. The van der Waals surface area contributed by atoms with Crippen LogP contribution in [0.2, 0.25) is 10.0 Å². The molecule has 0 aliphatic heterocycles. The number of anilines is 1. The summed E-state index contributed by atoms with van der Waals surface area (Å²) >= 11 is 11.5. The summed E-state index contributed by atoms with van der Waals surface area (Å²) in [5.41, 5.74) is 1.24. The number of benzene rings is 2. The molecular formula is C14H10Cl2FNO2. The van der Waals surface area contributed by atoms with Gasteiger partial charge in [-0.2, -0.15) is 0 Å². The van der Waals surface area contributed by atoms with Gasteiger partial charge in [0.1, 0.15) is 5.82 Å². The van der Waals surface area contributed by atoms with Crippen molar-refractivity contribution in [3.05, 3.63) is 63.4 Å². The van der Waals surface area contributed by atoms with E-state index >= 15 is 0 Å². The highest BCUT2D eigenvalue weighted by atomic mass is 35.5. The molecule has 0 saturated carbocycles. The number of carbonyl (C=O) groups is 1. The van der Waals surface area contributed by atoms with Gasteiger partial charge in [-0.3, -0.25) is 0 Å². The molecule has 2 aromatic carbocycles. The van der Waals surface area contributed by atoms with Crippen molar-refractivity contribution >= 4 is 34.9 Å². The molecular weight excluding hydrogens is 304 g/mol. The smallest absolute Gasteiger partial charge is 0.337 e. The summed E-state index contributed by atoms with van der Waals surface area (Å²) in [6.45, 7) is 0.318. The number of halogens is 3. The largest absolute Gasteiger partial charge is 0.478 e. The van der Waals surface area contributed by atoms with Gasteiger partial charge in [0.2, 0.25) is 0 Å². The first-order valence-electron chi connectivity index (χ1n) is 5.67. The molecule has 0 saturated heterocycles. The van der Waals surface area contributed by atoms with Gasteiger partial charge in [-0.25, -0.2) is 9.18 Å². The molecule has 2 N–H and O–H groups in total. The van der Waals surface area contributed by atoms with Gasteiger partial charge in [-0.1, -0.05) is 23.2 Å². The van der Waals surface area contributed by atoms with Gasteiger partial charge >= 0.3 is 5.97 Å². The van der Waals surface area contributed by atoms with E-state index in [4.69, 9.17) is 28.3 Å².